The van der Waals surface area contributed by atoms with Crippen molar-refractivity contribution in [3.8, 4) is 0 Å². The second kappa shape index (κ2) is 7.79. The van der Waals surface area contributed by atoms with Gasteiger partial charge in [-0.25, -0.2) is 4.39 Å². The maximum atomic E-state index is 13.7. The monoisotopic (exact) mass is 389 g/mol. The van der Waals surface area contributed by atoms with Gasteiger partial charge in [-0.1, -0.05) is 12.5 Å². The zero-order valence-electron chi connectivity index (χ0n) is 16.4. The first-order valence-corrected chi connectivity index (χ1v) is 10.2. The minimum atomic E-state index is -0.742. The van der Waals surface area contributed by atoms with Crippen molar-refractivity contribution in [2.24, 2.45) is 0 Å². The van der Waals surface area contributed by atoms with Gasteiger partial charge >= 0.3 is 0 Å². The van der Waals surface area contributed by atoms with Gasteiger partial charge in [-0.05, 0) is 50.9 Å². The second-order valence-corrected chi connectivity index (χ2v) is 8.15. The molecule has 1 spiro atoms. The molecule has 1 saturated carbocycles. The summed E-state index contributed by atoms with van der Waals surface area (Å²) in [6.45, 7) is 3.17. The summed E-state index contributed by atoms with van der Waals surface area (Å²) in [4.78, 5) is 32.4. The Hall–Kier alpha value is -1.99. The Bertz CT molecular complexity index is 742. The smallest absolute Gasteiger partial charge is 0.256 e. The van der Waals surface area contributed by atoms with Crippen LogP contribution in [0.5, 0.6) is 0 Å². The third-order valence-electron chi connectivity index (χ3n) is 6.29. The Labute approximate surface area is 165 Å². The van der Waals surface area contributed by atoms with Crippen LogP contribution >= 0.6 is 0 Å². The predicted molar refractivity (Wildman–Crippen MR) is 102 cm³/mol. The molecule has 7 heteroatoms. The number of benzene rings is 1. The molecule has 3 fully saturated rings. The fraction of sp³-hybridized carbons (Fsp3) is 0.619. The third kappa shape index (κ3) is 3.53. The maximum absolute atomic E-state index is 13.7. The number of halogens is 1. The number of piperazine rings is 1. The molecule has 6 nitrogen and oxygen atoms in total. The van der Waals surface area contributed by atoms with E-state index in [4.69, 9.17) is 4.74 Å². The Morgan fingerprint density at radius 3 is 2.50 bits per heavy atom. The summed E-state index contributed by atoms with van der Waals surface area (Å²) in [6, 6.07) is 5.06. The molecule has 28 heavy (non-hydrogen) atoms. The molecule has 0 unspecified atom stereocenters. The van der Waals surface area contributed by atoms with E-state index in [1.165, 1.54) is 18.2 Å². The quantitative estimate of drug-likeness (QED) is 0.777. The summed E-state index contributed by atoms with van der Waals surface area (Å²) >= 11 is 0. The van der Waals surface area contributed by atoms with Gasteiger partial charge in [-0.2, -0.15) is 0 Å². The minimum absolute atomic E-state index is 0.0553. The summed E-state index contributed by atoms with van der Waals surface area (Å²) in [5, 5.41) is 0. The summed E-state index contributed by atoms with van der Waals surface area (Å²) in [5.41, 5.74) is -0.471. The number of rotatable bonds is 2. The maximum Gasteiger partial charge on any atom is 0.256 e. The minimum Gasteiger partial charge on any atom is -0.353 e. The lowest BCUT2D eigenvalue weighted by Gasteiger charge is -2.42. The molecule has 0 bridgehead atoms. The van der Waals surface area contributed by atoms with Crippen LogP contribution in [0, 0.1) is 5.82 Å². The van der Waals surface area contributed by atoms with Gasteiger partial charge in [0.2, 0.25) is 5.91 Å². The molecular weight excluding hydrogens is 361 g/mol. The lowest BCUT2D eigenvalue weighted by Crippen LogP contribution is -2.59. The Morgan fingerprint density at radius 2 is 1.82 bits per heavy atom. The first-order valence-electron chi connectivity index (χ1n) is 10.2. The molecule has 2 heterocycles. The normalized spacial score (nSPS) is 25.3. The molecular formula is C21H28FN3O3. The van der Waals surface area contributed by atoms with Gasteiger partial charge in [0.1, 0.15) is 17.6 Å². The molecule has 0 radical (unpaired) electrons. The summed E-state index contributed by atoms with van der Waals surface area (Å²) in [5.74, 6) is -0.822. The van der Waals surface area contributed by atoms with Crippen LogP contribution in [0.1, 0.15) is 42.5 Å². The molecule has 1 atom stereocenters. The summed E-state index contributed by atoms with van der Waals surface area (Å²) < 4.78 is 19.9. The Morgan fingerprint density at radius 1 is 1.11 bits per heavy atom. The third-order valence-corrected chi connectivity index (χ3v) is 6.29. The van der Waals surface area contributed by atoms with Crippen molar-refractivity contribution < 1.29 is 18.7 Å². The molecule has 2 aliphatic heterocycles. The number of carbonyl (C=O) groups is 2. The first-order chi connectivity index (χ1) is 13.5. The van der Waals surface area contributed by atoms with E-state index in [0.29, 0.717) is 13.1 Å². The first kappa shape index (κ1) is 19.3. The molecule has 0 N–H and O–H groups in total. The largest absolute Gasteiger partial charge is 0.353 e. The van der Waals surface area contributed by atoms with Gasteiger partial charge in [0.05, 0.1) is 6.61 Å². The van der Waals surface area contributed by atoms with Crippen molar-refractivity contribution in [3.63, 3.8) is 0 Å². The van der Waals surface area contributed by atoms with Crippen LogP contribution in [0.4, 0.5) is 4.39 Å². The number of ether oxygens (including phenoxy) is 1. The van der Waals surface area contributed by atoms with Crippen molar-refractivity contribution in [2.45, 2.75) is 43.9 Å². The number of hydrogen-bond acceptors (Lipinski definition) is 4. The number of carbonyl (C=O) groups excluding carboxylic acids is 2. The predicted octanol–water partition coefficient (Wildman–Crippen LogP) is 2.10. The molecule has 152 valence electrons. The Kier molecular flexibility index (Phi) is 5.38. The second-order valence-electron chi connectivity index (χ2n) is 8.15. The number of likely N-dealkylation sites (N-methyl/N-ethyl adjacent to an activating group) is 1. The lowest BCUT2D eigenvalue weighted by molar-refractivity contribution is -0.138. The molecule has 3 aliphatic rings. The average molecular weight is 389 g/mol. The van der Waals surface area contributed by atoms with Gasteiger partial charge < -0.3 is 14.5 Å². The van der Waals surface area contributed by atoms with Crippen LogP contribution in [0.15, 0.2) is 24.3 Å². The summed E-state index contributed by atoms with van der Waals surface area (Å²) in [6.07, 6.45) is 4.47. The molecule has 1 aromatic carbocycles. The van der Waals surface area contributed by atoms with E-state index in [-0.39, 0.29) is 24.0 Å². The van der Waals surface area contributed by atoms with E-state index < -0.39 is 17.6 Å². The average Bonchev–Trinajstić information content (AvgIpc) is 3.06. The highest BCUT2D eigenvalue weighted by molar-refractivity contribution is 5.98. The van der Waals surface area contributed by atoms with Gasteiger partial charge in [-0.15, -0.1) is 0 Å². The molecule has 0 aromatic heterocycles. The van der Waals surface area contributed by atoms with E-state index in [0.717, 1.165) is 45.2 Å². The number of hydrogen-bond donors (Lipinski definition) is 0. The molecule has 1 aromatic rings. The van der Waals surface area contributed by atoms with Crippen molar-refractivity contribution >= 4 is 11.8 Å². The van der Waals surface area contributed by atoms with E-state index in [9.17, 15) is 14.0 Å². The lowest BCUT2D eigenvalue weighted by atomic mass is 9.89. The van der Waals surface area contributed by atoms with Crippen molar-refractivity contribution in [3.05, 3.63) is 35.6 Å². The van der Waals surface area contributed by atoms with E-state index in [2.05, 4.69) is 4.90 Å². The van der Waals surface area contributed by atoms with Crippen LogP contribution in [0.3, 0.4) is 0 Å². The van der Waals surface area contributed by atoms with Gasteiger partial charge in [-0.3, -0.25) is 14.5 Å². The van der Waals surface area contributed by atoms with E-state index >= 15 is 0 Å². The molecule has 2 amide bonds. The highest BCUT2D eigenvalue weighted by Gasteiger charge is 2.53. The highest BCUT2D eigenvalue weighted by Crippen LogP contribution is 2.41. The zero-order valence-corrected chi connectivity index (χ0v) is 16.4. The van der Waals surface area contributed by atoms with Crippen LogP contribution in [0.25, 0.3) is 0 Å². The number of amides is 2. The van der Waals surface area contributed by atoms with E-state index in [1.807, 2.05) is 11.9 Å². The molecule has 4 rings (SSSR count). The topological polar surface area (TPSA) is 53.1 Å². The van der Waals surface area contributed by atoms with Crippen molar-refractivity contribution in [1.82, 2.24) is 14.7 Å². The van der Waals surface area contributed by atoms with Crippen LogP contribution in [0.2, 0.25) is 0 Å². The van der Waals surface area contributed by atoms with Crippen molar-refractivity contribution in [1.29, 1.82) is 0 Å². The Balaban J connectivity index is 1.63. The van der Waals surface area contributed by atoms with Gasteiger partial charge in [0.25, 0.3) is 5.91 Å². The van der Waals surface area contributed by atoms with Crippen molar-refractivity contribution in [2.75, 3.05) is 39.8 Å². The van der Waals surface area contributed by atoms with Crippen LogP contribution < -0.4 is 0 Å². The van der Waals surface area contributed by atoms with Crippen LogP contribution in [-0.2, 0) is 9.53 Å². The van der Waals surface area contributed by atoms with E-state index in [1.54, 1.807) is 11.0 Å². The zero-order chi connectivity index (χ0) is 19.7. The van der Waals surface area contributed by atoms with Gasteiger partial charge in [0, 0.05) is 31.7 Å². The summed E-state index contributed by atoms with van der Waals surface area (Å²) in [7, 11) is 2.04. The van der Waals surface area contributed by atoms with Gasteiger partial charge in [0.15, 0.2) is 0 Å². The fourth-order valence-electron chi connectivity index (χ4n) is 4.66. The SMILES string of the molecule is CN1CCN(C(=O)[C@@H]2COC3(CCCCC3)N2C(=O)c2cccc(F)c2)CC1. The van der Waals surface area contributed by atoms with Crippen LogP contribution in [-0.4, -0.2) is 78.1 Å². The fourth-order valence-corrected chi connectivity index (χ4v) is 4.66. The molecule has 2 saturated heterocycles. The number of nitrogens with zero attached hydrogens (tertiary/aromatic N) is 3. The standard InChI is InChI=1S/C21H28FN3O3/c1-23-10-12-24(13-11-23)20(27)18-15-28-21(8-3-2-4-9-21)25(18)19(26)16-6-5-7-17(22)14-16/h5-7,14,18H,2-4,8-13,15H2,1H3/t18-/m0/s1. The molecule has 1 aliphatic carbocycles. The highest BCUT2D eigenvalue weighted by atomic mass is 19.1.